The summed E-state index contributed by atoms with van der Waals surface area (Å²) < 4.78 is 13.1. The number of hydrogen-bond donors (Lipinski definition) is 0. The molecule has 3 heterocycles. The third-order valence-electron chi connectivity index (χ3n) is 5.33. The number of aromatic nitrogens is 2. The van der Waals surface area contributed by atoms with Crippen molar-refractivity contribution in [1.29, 1.82) is 0 Å². The van der Waals surface area contributed by atoms with Crippen LogP contribution in [0.5, 0.6) is 0 Å². The SMILES string of the molecule is O=c1c2ccccc2nc(-c2cc3ccccc3o2)n1N=Cc1ccc(Sc2ccc(Cl)cc2)o1. The summed E-state index contributed by atoms with van der Waals surface area (Å²) in [7, 11) is 0. The molecule has 0 fully saturated rings. The highest BCUT2D eigenvalue weighted by molar-refractivity contribution is 7.99. The van der Waals surface area contributed by atoms with Crippen LogP contribution in [0.1, 0.15) is 5.76 Å². The van der Waals surface area contributed by atoms with Gasteiger partial charge in [0.1, 0.15) is 11.3 Å². The van der Waals surface area contributed by atoms with Gasteiger partial charge in [0.2, 0.25) is 5.82 Å². The molecule has 0 saturated carbocycles. The molecule has 0 aliphatic heterocycles. The van der Waals surface area contributed by atoms with Crippen molar-refractivity contribution in [3.8, 4) is 11.6 Å². The first-order valence-electron chi connectivity index (χ1n) is 10.7. The summed E-state index contributed by atoms with van der Waals surface area (Å²) in [5.41, 5.74) is 0.971. The third kappa shape index (κ3) is 4.27. The average Bonchev–Trinajstić information content (AvgIpc) is 3.51. The Labute approximate surface area is 208 Å². The summed E-state index contributed by atoms with van der Waals surface area (Å²) >= 11 is 7.42. The number of hydrogen-bond acceptors (Lipinski definition) is 6. The van der Waals surface area contributed by atoms with Crippen LogP contribution in [-0.4, -0.2) is 15.9 Å². The number of rotatable bonds is 5. The molecular weight excluding hydrogens is 482 g/mol. The predicted octanol–water partition coefficient (Wildman–Crippen LogP) is 7.09. The van der Waals surface area contributed by atoms with Crippen molar-refractivity contribution in [1.82, 2.24) is 9.66 Å². The van der Waals surface area contributed by atoms with Crippen LogP contribution in [0.4, 0.5) is 0 Å². The standard InChI is InChI=1S/C27H16ClN3O3S/c28-18-9-12-20(13-10-18)35-25-14-11-19(33-25)16-29-31-26(24-15-17-5-1-4-8-23(17)34-24)30-22-7-3-2-6-21(22)27(31)32/h1-16H. The molecule has 6 aromatic rings. The molecule has 0 aliphatic rings. The highest BCUT2D eigenvalue weighted by Crippen LogP contribution is 2.30. The van der Waals surface area contributed by atoms with Gasteiger partial charge >= 0.3 is 0 Å². The lowest BCUT2D eigenvalue weighted by Gasteiger charge is -2.06. The second-order valence-electron chi connectivity index (χ2n) is 7.68. The minimum Gasteiger partial charge on any atom is -0.453 e. The molecule has 8 heteroatoms. The first-order chi connectivity index (χ1) is 17.1. The number of benzene rings is 3. The third-order valence-corrected chi connectivity index (χ3v) is 6.51. The van der Waals surface area contributed by atoms with Gasteiger partial charge in [0.25, 0.3) is 5.56 Å². The fraction of sp³-hybridized carbons (Fsp3) is 0. The molecule has 170 valence electrons. The van der Waals surface area contributed by atoms with Crippen molar-refractivity contribution >= 4 is 51.4 Å². The van der Waals surface area contributed by atoms with Gasteiger partial charge in [-0.3, -0.25) is 4.79 Å². The Kier molecular flexibility index (Phi) is 5.48. The molecule has 3 aromatic carbocycles. The second-order valence-corrected chi connectivity index (χ2v) is 9.19. The quantitative estimate of drug-likeness (QED) is 0.238. The van der Waals surface area contributed by atoms with E-state index < -0.39 is 0 Å². The van der Waals surface area contributed by atoms with Crippen LogP contribution >= 0.6 is 23.4 Å². The molecular formula is C27H16ClN3O3S. The van der Waals surface area contributed by atoms with E-state index in [4.69, 9.17) is 25.4 Å². The van der Waals surface area contributed by atoms with Gasteiger partial charge in [-0.2, -0.15) is 9.78 Å². The zero-order valence-electron chi connectivity index (χ0n) is 18.1. The molecule has 35 heavy (non-hydrogen) atoms. The van der Waals surface area contributed by atoms with E-state index in [1.807, 2.05) is 66.7 Å². The van der Waals surface area contributed by atoms with Gasteiger partial charge in [-0.05, 0) is 60.7 Å². The molecule has 0 N–H and O–H groups in total. The van der Waals surface area contributed by atoms with E-state index in [1.54, 1.807) is 24.3 Å². The second kappa shape index (κ2) is 8.94. The van der Waals surface area contributed by atoms with Crippen molar-refractivity contribution in [3.63, 3.8) is 0 Å². The van der Waals surface area contributed by atoms with Gasteiger partial charge in [-0.25, -0.2) is 4.98 Å². The smallest absolute Gasteiger partial charge is 0.282 e. The van der Waals surface area contributed by atoms with Crippen LogP contribution in [0.25, 0.3) is 33.5 Å². The zero-order valence-corrected chi connectivity index (χ0v) is 19.7. The summed E-state index contributed by atoms with van der Waals surface area (Å²) in [6.07, 6.45) is 1.50. The molecule has 0 bridgehead atoms. The first kappa shape index (κ1) is 21.5. The van der Waals surface area contributed by atoms with Crippen molar-refractivity contribution in [2.45, 2.75) is 9.99 Å². The highest BCUT2D eigenvalue weighted by atomic mass is 35.5. The van der Waals surface area contributed by atoms with Crippen LogP contribution in [0.15, 0.2) is 120 Å². The van der Waals surface area contributed by atoms with Crippen molar-refractivity contribution < 1.29 is 8.83 Å². The summed E-state index contributed by atoms with van der Waals surface area (Å²) in [6, 6.07) is 27.8. The van der Waals surface area contributed by atoms with E-state index in [9.17, 15) is 4.79 Å². The Bertz CT molecular complexity index is 1730. The maximum atomic E-state index is 13.4. The molecule has 6 nitrogen and oxygen atoms in total. The number of furan rings is 2. The van der Waals surface area contributed by atoms with E-state index in [1.165, 1.54) is 22.7 Å². The zero-order chi connectivity index (χ0) is 23.8. The van der Waals surface area contributed by atoms with Crippen molar-refractivity contribution in [2.75, 3.05) is 0 Å². The fourth-order valence-corrected chi connectivity index (χ4v) is 4.58. The molecule has 0 unspecified atom stereocenters. The Hall–Kier alpha value is -4.07. The molecule has 3 aromatic heterocycles. The monoisotopic (exact) mass is 497 g/mol. The Morgan fingerprint density at radius 3 is 2.57 bits per heavy atom. The van der Waals surface area contributed by atoms with Crippen LogP contribution in [-0.2, 0) is 0 Å². The van der Waals surface area contributed by atoms with Gasteiger partial charge in [0, 0.05) is 15.3 Å². The van der Waals surface area contributed by atoms with Crippen molar-refractivity contribution in [2.24, 2.45) is 5.10 Å². The number of fused-ring (bicyclic) bond motifs is 2. The molecule has 0 atom stereocenters. The van der Waals surface area contributed by atoms with Crippen LogP contribution in [0.2, 0.25) is 5.02 Å². The first-order valence-corrected chi connectivity index (χ1v) is 11.9. The van der Waals surface area contributed by atoms with Crippen LogP contribution in [0, 0.1) is 0 Å². The van der Waals surface area contributed by atoms with E-state index in [0.29, 0.717) is 43.9 Å². The van der Waals surface area contributed by atoms with Gasteiger partial charge in [-0.1, -0.05) is 53.7 Å². The molecule has 0 aliphatic carbocycles. The van der Waals surface area contributed by atoms with Gasteiger partial charge < -0.3 is 8.83 Å². The van der Waals surface area contributed by atoms with E-state index >= 15 is 0 Å². The van der Waals surface area contributed by atoms with Gasteiger partial charge in [0.05, 0.1) is 17.1 Å². The maximum Gasteiger partial charge on any atom is 0.282 e. The largest absolute Gasteiger partial charge is 0.453 e. The molecule has 6 rings (SSSR count). The predicted molar refractivity (Wildman–Crippen MR) is 138 cm³/mol. The minimum absolute atomic E-state index is 0.301. The lowest BCUT2D eigenvalue weighted by molar-refractivity contribution is 0.468. The Morgan fingerprint density at radius 1 is 0.914 bits per heavy atom. The van der Waals surface area contributed by atoms with E-state index in [2.05, 4.69) is 5.10 Å². The van der Waals surface area contributed by atoms with Gasteiger partial charge in [0.15, 0.2) is 10.9 Å². The van der Waals surface area contributed by atoms with Gasteiger partial charge in [-0.15, -0.1) is 0 Å². The number of para-hydroxylation sites is 2. The normalized spacial score (nSPS) is 11.7. The van der Waals surface area contributed by atoms with Crippen LogP contribution < -0.4 is 5.56 Å². The molecule has 0 amide bonds. The molecule has 0 spiro atoms. The topological polar surface area (TPSA) is 73.5 Å². The van der Waals surface area contributed by atoms with E-state index in [-0.39, 0.29) is 5.56 Å². The van der Waals surface area contributed by atoms with Crippen LogP contribution in [0.3, 0.4) is 0 Å². The number of nitrogens with zero attached hydrogens (tertiary/aromatic N) is 3. The lowest BCUT2D eigenvalue weighted by atomic mass is 10.2. The maximum absolute atomic E-state index is 13.4. The van der Waals surface area contributed by atoms with E-state index in [0.717, 1.165) is 10.3 Å². The Balaban J connectivity index is 1.40. The summed E-state index contributed by atoms with van der Waals surface area (Å²) in [6.45, 7) is 0. The average molecular weight is 498 g/mol. The molecule has 0 saturated heterocycles. The highest BCUT2D eigenvalue weighted by Gasteiger charge is 2.16. The minimum atomic E-state index is -0.301. The Morgan fingerprint density at radius 2 is 1.71 bits per heavy atom. The molecule has 0 radical (unpaired) electrons. The summed E-state index contributed by atoms with van der Waals surface area (Å²) in [5.74, 6) is 1.25. The summed E-state index contributed by atoms with van der Waals surface area (Å²) in [5, 5.41) is 7.18. The van der Waals surface area contributed by atoms with Crippen molar-refractivity contribution in [3.05, 3.63) is 112 Å². The lowest BCUT2D eigenvalue weighted by Crippen LogP contribution is -2.20. The fourth-order valence-electron chi connectivity index (χ4n) is 3.67. The summed E-state index contributed by atoms with van der Waals surface area (Å²) in [4.78, 5) is 19.0. The number of halogens is 1.